The predicted octanol–water partition coefficient (Wildman–Crippen LogP) is 3.60. The fraction of sp³-hybridized carbons (Fsp3) is 0.400. The second kappa shape index (κ2) is 7.00. The first kappa shape index (κ1) is 16.3. The van der Waals surface area contributed by atoms with Crippen molar-refractivity contribution in [2.75, 3.05) is 19.6 Å². The van der Waals surface area contributed by atoms with Crippen LogP contribution in [0.5, 0.6) is 0 Å². The fourth-order valence-electron chi connectivity index (χ4n) is 3.88. The largest absolute Gasteiger partial charge is 0.300 e. The third-order valence-electron chi connectivity index (χ3n) is 5.15. The molecule has 2 heterocycles. The van der Waals surface area contributed by atoms with E-state index in [9.17, 15) is 8.78 Å². The molecule has 0 amide bonds. The summed E-state index contributed by atoms with van der Waals surface area (Å²) in [6.45, 7) is 2.22. The number of nitrogens with zero attached hydrogens (tertiary/aromatic N) is 3. The van der Waals surface area contributed by atoms with Crippen LogP contribution in [0.2, 0.25) is 0 Å². The summed E-state index contributed by atoms with van der Waals surface area (Å²) < 4.78 is 27.0. The van der Waals surface area contributed by atoms with Crippen LogP contribution >= 0.6 is 0 Å². The maximum absolute atomic E-state index is 13.6. The van der Waals surface area contributed by atoms with E-state index >= 15 is 0 Å². The second-order valence-corrected chi connectivity index (χ2v) is 6.89. The van der Waals surface area contributed by atoms with Crippen molar-refractivity contribution in [3.63, 3.8) is 0 Å². The van der Waals surface area contributed by atoms with Gasteiger partial charge in [-0.05, 0) is 60.2 Å². The van der Waals surface area contributed by atoms with E-state index in [4.69, 9.17) is 0 Å². The second-order valence-electron chi connectivity index (χ2n) is 6.89. The standard InChI is InChI=1S/C20H21F2N3/c21-16-3-4-19-15(11-16)10-14(5-8-25-9-6-17(22)13-25)20(19)12-18-2-1-7-23-24-18/h1-4,7,11,17H,5-6,8-10,12-13H2. The molecule has 1 saturated heterocycles. The zero-order valence-electron chi connectivity index (χ0n) is 14.1. The smallest absolute Gasteiger partial charge is 0.123 e. The number of rotatable bonds is 5. The Bertz CT molecular complexity index is 789. The lowest BCUT2D eigenvalue weighted by molar-refractivity contribution is 0.290. The third kappa shape index (κ3) is 3.61. The van der Waals surface area contributed by atoms with Crippen molar-refractivity contribution >= 4 is 5.57 Å². The van der Waals surface area contributed by atoms with E-state index in [0.717, 1.165) is 42.8 Å². The Morgan fingerprint density at radius 2 is 2.16 bits per heavy atom. The Kier molecular flexibility index (Phi) is 4.57. The number of hydrogen-bond donors (Lipinski definition) is 0. The lowest BCUT2D eigenvalue weighted by Crippen LogP contribution is -2.22. The molecule has 2 aromatic rings. The van der Waals surface area contributed by atoms with Gasteiger partial charge in [-0.1, -0.05) is 11.6 Å². The highest BCUT2D eigenvalue weighted by atomic mass is 19.1. The zero-order valence-corrected chi connectivity index (χ0v) is 14.1. The van der Waals surface area contributed by atoms with Gasteiger partial charge in [-0.3, -0.25) is 0 Å². The Labute approximate surface area is 146 Å². The molecule has 0 bridgehead atoms. The first-order chi connectivity index (χ1) is 12.2. The number of benzene rings is 1. The summed E-state index contributed by atoms with van der Waals surface area (Å²) in [5, 5.41) is 8.15. The van der Waals surface area contributed by atoms with Crippen molar-refractivity contribution in [3.8, 4) is 0 Å². The van der Waals surface area contributed by atoms with Crippen molar-refractivity contribution in [1.82, 2.24) is 15.1 Å². The van der Waals surface area contributed by atoms with Crippen molar-refractivity contribution in [1.29, 1.82) is 0 Å². The van der Waals surface area contributed by atoms with Gasteiger partial charge in [-0.15, -0.1) is 0 Å². The van der Waals surface area contributed by atoms with E-state index in [-0.39, 0.29) is 5.82 Å². The highest BCUT2D eigenvalue weighted by Gasteiger charge is 2.25. The molecule has 3 nitrogen and oxygen atoms in total. The van der Waals surface area contributed by atoms with Crippen LogP contribution in [0.1, 0.15) is 29.7 Å². The summed E-state index contributed by atoms with van der Waals surface area (Å²) in [4.78, 5) is 2.18. The molecule has 25 heavy (non-hydrogen) atoms. The van der Waals surface area contributed by atoms with E-state index in [1.807, 2.05) is 18.2 Å². The molecule has 1 atom stereocenters. The summed E-state index contributed by atoms with van der Waals surface area (Å²) in [5.74, 6) is -0.196. The van der Waals surface area contributed by atoms with Gasteiger partial charge in [0, 0.05) is 32.3 Å². The first-order valence-corrected chi connectivity index (χ1v) is 8.82. The molecule has 1 aromatic carbocycles. The summed E-state index contributed by atoms with van der Waals surface area (Å²) in [7, 11) is 0. The van der Waals surface area contributed by atoms with Gasteiger partial charge in [0.2, 0.25) is 0 Å². The molecule has 4 rings (SSSR count). The van der Waals surface area contributed by atoms with Crippen LogP contribution in [-0.4, -0.2) is 40.9 Å². The lowest BCUT2D eigenvalue weighted by Gasteiger charge is -2.16. The molecule has 1 fully saturated rings. The van der Waals surface area contributed by atoms with Gasteiger partial charge in [0.15, 0.2) is 0 Å². The molecule has 1 aromatic heterocycles. The summed E-state index contributed by atoms with van der Waals surface area (Å²) in [6, 6.07) is 8.87. The van der Waals surface area contributed by atoms with Gasteiger partial charge in [0.1, 0.15) is 12.0 Å². The minimum atomic E-state index is -0.692. The minimum absolute atomic E-state index is 0.196. The van der Waals surface area contributed by atoms with E-state index in [2.05, 4.69) is 15.1 Å². The topological polar surface area (TPSA) is 29.0 Å². The molecule has 2 aliphatic rings. The maximum atomic E-state index is 13.6. The normalized spacial score (nSPS) is 20.3. The molecule has 0 N–H and O–H groups in total. The molecule has 1 unspecified atom stereocenters. The Balaban J connectivity index is 1.57. The molecule has 0 radical (unpaired) electrons. The van der Waals surface area contributed by atoms with Gasteiger partial charge in [-0.25, -0.2) is 8.78 Å². The summed E-state index contributed by atoms with van der Waals surface area (Å²) >= 11 is 0. The van der Waals surface area contributed by atoms with Crippen molar-refractivity contribution in [3.05, 3.63) is 64.7 Å². The van der Waals surface area contributed by atoms with Crippen LogP contribution < -0.4 is 0 Å². The van der Waals surface area contributed by atoms with Gasteiger partial charge in [0.25, 0.3) is 0 Å². The molecule has 0 spiro atoms. The van der Waals surface area contributed by atoms with Gasteiger partial charge < -0.3 is 4.90 Å². The van der Waals surface area contributed by atoms with E-state index in [1.165, 1.54) is 17.2 Å². The number of hydrogen-bond acceptors (Lipinski definition) is 3. The highest BCUT2D eigenvalue weighted by molar-refractivity contribution is 5.77. The molecule has 5 heteroatoms. The molecule has 1 aliphatic heterocycles. The van der Waals surface area contributed by atoms with E-state index in [0.29, 0.717) is 19.4 Å². The first-order valence-electron chi connectivity index (χ1n) is 8.82. The third-order valence-corrected chi connectivity index (χ3v) is 5.15. The zero-order chi connectivity index (χ0) is 17.2. The number of allylic oxidation sites excluding steroid dienone is 1. The monoisotopic (exact) mass is 341 g/mol. The molecule has 0 saturated carbocycles. The average Bonchev–Trinajstić information content (AvgIpc) is 3.17. The van der Waals surface area contributed by atoms with Crippen LogP contribution in [0.25, 0.3) is 5.57 Å². The van der Waals surface area contributed by atoms with Gasteiger partial charge in [-0.2, -0.15) is 10.2 Å². The minimum Gasteiger partial charge on any atom is -0.300 e. The molecule has 1 aliphatic carbocycles. The summed E-state index contributed by atoms with van der Waals surface area (Å²) in [6.07, 6.45) is 3.97. The molecular weight excluding hydrogens is 320 g/mol. The van der Waals surface area contributed by atoms with Crippen LogP contribution in [0.3, 0.4) is 0 Å². The Hall–Kier alpha value is -2.14. The highest BCUT2D eigenvalue weighted by Crippen LogP contribution is 2.37. The van der Waals surface area contributed by atoms with Gasteiger partial charge in [0.05, 0.1) is 5.69 Å². The van der Waals surface area contributed by atoms with Crippen molar-refractivity contribution in [2.45, 2.75) is 31.9 Å². The number of halogens is 2. The summed E-state index contributed by atoms with van der Waals surface area (Å²) in [5.41, 5.74) is 5.61. The van der Waals surface area contributed by atoms with Crippen molar-refractivity contribution in [2.24, 2.45) is 0 Å². The van der Waals surface area contributed by atoms with Crippen LogP contribution in [0.4, 0.5) is 8.78 Å². The number of alkyl halides is 1. The maximum Gasteiger partial charge on any atom is 0.123 e. The van der Waals surface area contributed by atoms with E-state index < -0.39 is 6.17 Å². The quantitative estimate of drug-likeness (QED) is 0.832. The molecular formula is C20H21F2N3. The lowest BCUT2D eigenvalue weighted by atomic mass is 9.99. The predicted molar refractivity (Wildman–Crippen MR) is 93.3 cm³/mol. The van der Waals surface area contributed by atoms with Gasteiger partial charge >= 0.3 is 0 Å². The number of aromatic nitrogens is 2. The number of fused-ring (bicyclic) bond motifs is 1. The van der Waals surface area contributed by atoms with Crippen LogP contribution in [0, 0.1) is 5.82 Å². The Morgan fingerprint density at radius 1 is 1.24 bits per heavy atom. The van der Waals surface area contributed by atoms with Crippen LogP contribution in [0.15, 0.2) is 42.1 Å². The van der Waals surface area contributed by atoms with E-state index in [1.54, 1.807) is 12.3 Å². The molecule has 130 valence electrons. The van der Waals surface area contributed by atoms with Crippen LogP contribution in [-0.2, 0) is 12.8 Å². The fourth-order valence-corrected chi connectivity index (χ4v) is 3.88. The van der Waals surface area contributed by atoms with Crippen molar-refractivity contribution < 1.29 is 8.78 Å². The SMILES string of the molecule is Fc1ccc2c(c1)CC(CCN1CCC(F)C1)=C2Cc1cccnn1. The average molecular weight is 341 g/mol. The number of likely N-dealkylation sites (tertiary alicyclic amines) is 1. The Morgan fingerprint density at radius 3 is 2.92 bits per heavy atom.